The Morgan fingerprint density at radius 2 is 1.82 bits per heavy atom. The molecule has 0 aliphatic carbocycles. The molecule has 0 saturated carbocycles. The summed E-state index contributed by atoms with van der Waals surface area (Å²) < 4.78 is 14.9. The van der Waals surface area contributed by atoms with Crippen molar-refractivity contribution in [1.82, 2.24) is 9.38 Å². The lowest BCUT2D eigenvalue weighted by molar-refractivity contribution is 0.628. The van der Waals surface area contributed by atoms with Crippen LogP contribution < -0.4 is 0 Å². The van der Waals surface area contributed by atoms with Crippen molar-refractivity contribution >= 4 is 5.65 Å². The molecular formula is C14H11FN2. The van der Waals surface area contributed by atoms with Crippen molar-refractivity contribution in [1.29, 1.82) is 0 Å². The van der Waals surface area contributed by atoms with E-state index in [0.717, 1.165) is 22.5 Å². The quantitative estimate of drug-likeness (QED) is 0.621. The number of hydrogen-bond acceptors (Lipinski definition) is 1. The fourth-order valence-electron chi connectivity index (χ4n) is 1.93. The van der Waals surface area contributed by atoms with Gasteiger partial charge in [-0.05, 0) is 42.3 Å². The van der Waals surface area contributed by atoms with Gasteiger partial charge in [-0.15, -0.1) is 0 Å². The maximum Gasteiger partial charge on any atom is 0.137 e. The number of pyridine rings is 1. The molecule has 0 fully saturated rings. The predicted octanol–water partition coefficient (Wildman–Crippen LogP) is 3.45. The summed E-state index contributed by atoms with van der Waals surface area (Å²) in [5, 5.41) is 0. The molecule has 3 heteroatoms. The lowest BCUT2D eigenvalue weighted by Crippen LogP contribution is -1.87. The van der Waals surface area contributed by atoms with Crippen molar-refractivity contribution < 1.29 is 4.39 Å². The van der Waals surface area contributed by atoms with Gasteiger partial charge in [-0.2, -0.15) is 0 Å². The van der Waals surface area contributed by atoms with Crippen LogP contribution in [0.15, 0.2) is 48.8 Å². The Morgan fingerprint density at radius 3 is 2.59 bits per heavy atom. The molecule has 0 N–H and O–H groups in total. The van der Waals surface area contributed by atoms with Crippen LogP contribution in [0.5, 0.6) is 0 Å². The van der Waals surface area contributed by atoms with Crippen molar-refractivity contribution in [3.63, 3.8) is 0 Å². The van der Waals surface area contributed by atoms with Crippen LogP contribution in [0.3, 0.4) is 0 Å². The van der Waals surface area contributed by atoms with E-state index in [0.29, 0.717) is 0 Å². The number of aryl methyl sites for hydroxylation is 1. The molecule has 2 nitrogen and oxygen atoms in total. The second kappa shape index (κ2) is 3.70. The molecule has 1 aromatic carbocycles. The minimum atomic E-state index is -0.216. The zero-order valence-corrected chi connectivity index (χ0v) is 9.39. The topological polar surface area (TPSA) is 17.3 Å². The highest BCUT2D eigenvalue weighted by Crippen LogP contribution is 2.21. The summed E-state index contributed by atoms with van der Waals surface area (Å²) in [4.78, 5) is 4.31. The largest absolute Gasteiger partial charge is 0.304 e. The van der Waals surface area contributed by atoms with Crippen molar-refractivity contribution in [3.8, 4) is 11.1 Å². The average Bonchev–Trinajstić information content (AvgIpc) is 2.72. The van der Waals surface area contributed by atoms with Crippen LogP contribution in [0.1, 0.15) is 5.69 Å². The smallest absolute Gasteiger partial charge is 0.137 e. The lowest BCUT2D eigenvalue weighted by Gasteiger charge is -2.03. The summed E-state index contributed by atoms with van der Waals surface area (Å²) in [6.07, 6.45) is 3.82. The summed E-state index contributed by atoms with van der Waals surface area (Å²) in [7, 11) is 0. The summed E-state index contributed by atoms with van der Waals surface area (Å²) in [5.41, 5.74) is 4.05. The van der Waals surface area contributed by atoms with Gasteiger partial charge in [0.15, 0.2) is 0 Å². The van der Waals surface area contributed by atoms with Crippen molar-refractivity contribution in [3.05, 3.63) is 60.3 Å². The zero-order valence-electron chi connectivity index (χ0n) is 9.39. The molecule has 3 aromatic rings. The van der Waals surface area contributed by atoms with Gasteiger partial charge in [-0.25, -0.2) is 9.37 Å². The first kappa shape index (κ1) is 10.0. The van der Waals surface area contributed by atoms with Crippen LogP contribution in [0.25, 0.3) is 16.8 Å². The van der Waals surface area contributed by atoms with Crippen LogP contribution in [0.4, 0.5) is 4.39 Å². The van der Waals surface area contributed by atoms with Crippen LogP contribution in [-0.2, 0) is 0 Å². The highest BCUT2D eigenvalue weighted by atomic mass is 19.1. The molecule has 0 aliphatic heterocycles. The Morgan fingerprint density at radius 1 is 1.06 bits per heavy atom. The van der Waals surface area contributed by atoms with E-state index in [1.807, 2.05) is 35.9 Å². The molecule has 0 saturated heterocycles. The standard InChI is InChI=1S/C14H11FN2/c1-10-9-16-14-8-12(6-7-17(10)14)11-2-4-13(15)5-3-11/h2-9H,1H3. The molecule has 0 atom stereocenters. The number of benzene rings is 1. The molecule has 17 heavy (non-hydrogen) atoms. The van der Waals surface area contributed by atoms with E-state index >= 15 is 0 Å². The number of halogens is 1. The van der Waals surface area contributed by atoms with Gasteiger partial charge in [0.1, 0.15) is 11.5 Å². The first-order valence-corrected chi connectivity index (χ1v) is 5.44. The van der Waals surface area contributed by atoms with E-state index in [1.54, 1.807) is 12.1 Å². The van der Waals surface area contributed by atoms with Crippen LogP contribution in [-0.4, -0.2) is 9.38 Å². The minimum absolute atomic E-state index is 0.216. The maximum absolute atomic E-state index is 12.8. The second-order valence-electron chi connectivity index (χ2n) is 4.05. The first-order chi connectivity index (χ1) is 8.24. The fourth-order valence-corrected chi connectivity index (χ4v) is 1.93. The molecule has 0 radical (unpaired) electrons. The zero-order chi connectivity index (χ0) is 11.8. The summed E-state index contributed by atoms with van der Waals surface area (Å²) in [6, 6.07) is 10.5. The van der Waals surface area contributed by atoms with Crippen molar-refractivity contribution in [2.75, 3.05) is 0 Å². The van der Waals surface area contributed by atoms with E-state index in [1.165, 1.54) is 12.1 Å². The number of imidazole rings is 1. The number of fused-ring (bicyclic) bond motifs is 1. The van der Waals surface area contributed by atoms with Crippen LogP contribution >= 0.6 is 0 Å². The summed E-state index contributed by atoms with van der Waals surface area (Å²) >= 11 is 0. The van der Waals surface area contributed by atoms with E-state index in [2.05, 4.69) is 4.98 Å². The summed E-state index contributed by atoms with van der Waals surface area (Å²) in [6.45, 7) is 2.01. The van der Waals surface area contributed by atoms with Gasteiger partial charge in [0, 0.05) is 18.1 Å². The number of rotatable bonds is 1. The molecular weight excluding hydrogens is 215 g/mol. The van der Waals surface area contributed by atoms with Crippen molar-refractivity contribution in [2.45, 2.75) is 6.92 Å². The molecule has 0 bridgehead atoms. The second-order valence-corrected chi connectivity index (χ2v) is 4.05. The Bertz CT molecular complexity index is 668. The molecule has 2 aromatic heterocycles. The highest BCUT2D eigenvalue weighted by Gasteiger charge is 2.02. The lowest BCUT2D eigenvalue weighted by atomic mass is 10.1. The SMILES string of the molecule is Cc1cnc2cc(-c3ccc(F)cc3)ccn12. The van der Waals surface area contributed by atoms with Gasteiger partial charge in [0.25, 0.3) is 0 Å². The third-order valence-electron chi connectivity index (χ3n) is 2.88. The average molecular weight is 226 g/mol. The van der Waals surface area contributed by atoms with E-state index in [9.17, 15) is 4.39 Å². The van der Waals surface area contributed by atoms with Gasteiger partial charge in [-0.1, -0.05) is 12.1 Å². The maximum atomic E-state index is 12.8. The Balaban J connectivity index is 2.14. The molecule has 0 amide bonds. The molecule has 0 aliphatic rings. The van der Waals surface area contributed by atoms with Gasteiger partial charge < -0.3 is 4.40 Å². The molecule has 3 rings (SSSR count). The molecule has 0 spiro atoms. The van der Waals surface area contributed by atoms with Crippen molar-refractivity contribution in [2.24, 2.45) is 0 Å². The summed E-state index contributed by atoms with van der Waals surface area (Å²) in [5.74, 6) is -0.216. The van der Waals surface area contributed by atoms with Gasteiger partial charge >= 0.3 is 0 Å². The van der Waals surface area contributed by atoms with E-state index in [-0.39, 0.29) is 5.82 Å². The Kier molecular flexibility index (Phi) is 2.18. The van der Waals surface area contributed by atoms with E-state index in [4.69, 9.17) is 0 Å². The molecule has 0 unspecified atom stereocenters. The fraction of sp³-hybridized carbons (Fsp3) is 0.0714. The highest BCUT2D eigenvalue weighted by molar-refractivity contribution is 5.67. The van der Waals surface area contributed by atoms with Gasteiger partial charge in [0.2, 0.25) is 0 Å². The monoisotopic (exact) mass is 226 g/mol. The van der Waals surface area contributed by atoms with Crippen LogP contribution in [0.2, 0.25) is 0 Å². The van der Waals surface area contributed by atoms with Gasteiger partial charge in [-0.3, -0.25) is 0 Å². The number of hydrogen-bond donors (Lipinski definition) is 0. The Hall–Kier alpha value is -2.16. The minimum Gasteiger partial charge on any atom is -0.304 e. The third-order valence-corrected chi connectivity index (χ3v) is 2.88. The molecule has 84 valence electrons. The number of nitrogens with zero attached hydrogens (tertiary/aromatic N) is 2. The van der Waals surface area contributed by atoms with Crippen LogP contribution in [0, 0.1) is 12.7 Å². The predicted molar refractivity (Wildman–Crippen MR) is 65.3 cm³/mol. The first-order valence-electron chi connectivity index (χ1n) is 5.44. The van der Waals surface area contributed by atoms with Gasteiger partial charge in [0.05, 0.1) is 0 Å². The number of aromatic nitrogens is 2. The third kappa shape index (κ3) is 1.69. The Labute approximate surface area is 98.4 Å². The van der Waals surface area contributed by atoms with E-state index < -0.39 is 0 Å². The molecule has 2 heterocycles. The normalized spacial score (nSPS) is 10.9.